The molecule has 0 spiro atoms. The fraction of sp³-hybridized carbons (Fsp3) is 0.429. The van der Waals surface area contributed by atoms with Gasteiger partial charge in [-0.15, -0.1) is 0 Å². The fourth-order valence-electron chi connectivity index (χ4n) is 1.66. The van der Waals surface area contributed by atoms with Crippen LogP contribution in [-0.4, -0.2) is 0 Å². The fourth-order valence-corrected chi connectivity index (χ4v) is 1.66. The van der Waals surface area contributed by atoms with Crippen molar-refractivity contribution >= 4 is 5.57 Å². The second-order valence-corrected chi connectivity index (χ2v) is 4.44. The molecule has 0 N–H and O–H groups in total. The molecule has 0 saturated carbocycles. The second kappa shape index (κ2) is 4.99. The van der Waals surface area contributed by atoms with Gasteiger partial charge in [0.05, 0.1) is 0 Å². The zero-order valence-electron chi connectivity index (χ0n) is 9.67. The van der Waals surface area contributed by atoms with Gasteiger partial charge in [-0.25, -0.2) is 0 Å². The third-order valence-electron chi connectivity index (χ3n) is 2.34. The first-order chi connectivity index (χ1) is 6.61. The van der Waals surface area contributed by atoms with E-state index in [1.165, 1.54) is 23.1 Å². The normalized spacial score (nSPS) is 10.4. The minimum absolute atomic E-state index is 0.722. The van der Waals surface area contributed by atoms with E-state index < -0.39 is 0 Å². The predicted molar refractivity (Wildman–Crippen MR) is 64.2 cm³/mol. The van der Waals surface area contributed by atoms with Crippen molar-refractivity contribution in [3.05, 3.63) is 41.5 Å². The van der Waals surface area contributed by atoms with Crippen molar-refractivity contribution in [1.82, 2.24) is 0 Å². The molecule has 1 aromatic carbocycles. The molecule has 0 amide bonds. The number of hydrogen-bond acceptors (Lipinski definition) is 0. The number of rotatable bonds is 3. The van der Waals surface area contributed by atoms with Gasteiger partial charge in [0.2, 0.25) is 0 Å². The molecule has 0 heteroatoms. The molecular formula is C14H20. The van der Waals surface area contributed by atoms with Crippen LogP contribution in [0.25, 0.3) is 5.57 Å². The molecule has 1 rings (SSSR count). The Balaban J connectivity index is 2.97. The maximum absolute atomic E-state index is 2.27. The Kier molecular flexibility index (Phi) is 3.94. The third-order valence-corrected chi connectivity index (χ3v) is 2.34. The molecule has 0 nitrogen and oxygen atoms in total. The molecule has 0 heterocycles. The molecular weight excluding hydrogens is 168 g/mol. The predicted octanol–water partition coefficient (Wildman–Crippen LogP) is 4.53. The first-order valence-corrected chi connectivity index (χ1v) is 5.33. The van der Waals surface area contributed by atoms with Crippen LogP contribution in [0, 0.1) is 5.92 Å². The van der Waals surface area contributed by atoms with E-state index in [-0.39, 0.29) is 0 Å². The summed E-state index contributed by atoms with van der Waals surface area (Å²) < 4.78 is 0. The smallest absolute Gasteiger partial charge is 0.0225 e. The molecule has 0 aliphatic heterocycles. The van der Waals surface area contributed by atoms with Crippen LogP contribution < -0.4 is 0 Å². The maximum atomic E-state index is 2.27. The van der Waals surface area contributed by atoms with Crippen molar-refractivity contribution in [2.75, 3.05) is 0 Å². The summed E-state index contributed by atoms with van der Waals surface area (Å²) in [6, 6.07) is 10.7. The zero-order chi connectivity index (χ0) is 10.6. The van der Waals surface area contributed by atoms with E-state index in [4.69, 9.17) is 0 Å². The van der Waals surface area contributed by atoms with Gasteiger partial charge in [-0.3, -0.25) is 0 Å². The Labute approximate surface area is 87.7 Å². The minimum Gasteiger partial charge on any atom is -0.0726 e. The molecule has 0 fully saturated rings. The maximum Gasteiger partial charge on any atom is -0.0225 e. The summed E-state index contributed by atoms with van der Waals surface area (Å²) in [5.41, 5.74) is 4.31. The summed E-state index contributed by atoms with van der Waals surface area (Å²) in [7, 11) is 0. The number of benzene rings is 1. The van der Waals surface area contributed by atoms with E-state index in [9.17, 15) is 0 Å². The standard InChI is InChI=1S/C14H20/c1-11(2)10-14(12(3)4)13-8-6-5-7-9-13/h5-9,11H,10H2,1-4H3. The van der Waals surface area contributed by atoms with Gasteiger partial charge in [-0.05, 0) is 37.3 Å². The van der Waals surface area contributed by atoms with Crippen molar-refractivity contribution < 1.29 is 0 Å². The van der Waals surface area contributed by atoms with Gasteiger partial charge in [0.25, 0.3) is 0 Å². The van der Waals surface area contributed by atoms with Crippen molar-refractivity contribution in [2.45, 2.75) is 34.1 Å². The lowest BCUT2D eigenvalue weighted by molar-refractivity contribution is 0.671. The molecule has 0 aliphatic rings. The summed E-state index contributed by atoms with van der Waals surface area (Å²) in [5, 5.41) is 0. The van der Waals surface area contributed by atoms with E-state index in [1.807, 2.05) is 0 Å². The average Bonchev–Trinajstić information content (AvgIpc) is 2.15. The lowest BCUT2D eigenvalue weighted by Gasteiger charge is -2.12. The van der Waals surface area contributed by atoms with Crippen LogP contribution in [0.4, 0.5) is 0 Å². The molecule has 0 unspecified atom stereocenters. The van der Waals surface area contributed by atoms with E-state index >= 15 is 0 Å². The van der Waals surface area contributed by atoms with Gasteiger partial charge >= 0.3 is 0 Å². The molecule has 14 heavy (non-hydrogen) atoms. The Morgan fingerprint density at radius 3 is 2.07 bits per heavy atom. The highest BCUT2D eigenvalue weighted by Gasteiger charge is 2.05. The largest absolute Gasteiger partial charge is 0.0726 e. The Morgan fingerprint density at radius 1 is 1.07 bits per heavy atom. The summed E-state index contributed by atoms with van der Waals surface area (Å²) in [6.07, 6.45) is 1.17. The molecule has 0 bridgehead atoms. The van der Waals surface area contributed by atoms with Gasteiger partial charge in [-0.2, -0.15) is 0 Å². The summed E-state index contributed by atoms with van der Waals surface area (Å²) >= 11 is 0. The highest BCUT2D eigenvalue weighted by atomic mass is 14.1. The van der Waals surface area contributed by atoms with Crippen LogP contribution >= 0.6 is 0 Å². The minimum atomic E-state index is 0.722. The summed E-state index contributed by atoms with van der Waals surface area (Å²) in [6.45, 7) is 8.94. The third kappa shape index (κ3) is 3.02. The quantitative estimate of drug-likeness (QED) is 0.654. The number of allylic oxidation sites excluding steroid dienone is 2. The monoisotopic (exact) mass is 188 g/mol. The topological polar surface area (TPSA) is 0 Å². The van der Waals surface area contributed by atoms with Gasteiger partial charge in [-0.1, -0.05) is 49.8 Å². The first kappa shape index (κ1) is 11.0. The van der Waals surface area contributed by atoms with Crippen molar-refractivity contribution in [3.8, 4) is 0 Å². The van der Waals surface area contributed by atoms with Crippen LogP contribution in [0.3, 0.4) is 0 Å². The highest BCUT2D eigenvalue weighted by molar-refractivity contribution is 5.67. The van der Waals surface area contributed by atoms with Crippen LogP contribution in [0.1, 0.15) is 39.7 Å². The summed E-state index contributed by atoms with van der Waals surface area (Å²) in [4.78, 5) is 0. The molecule has 0 aliphatic carbocycles. The van der Waals surface area contributed by atoms with E-state index in [1.54, 1.807) is 0 Å². The lowest BCUT2D eigenvalue weighted by atomic mass is 9.93. The van der Waals surface area contributed by atoms with Gasteiger partial charge in [0.1, 0.15) is 0 Å². The van der Waals surface area contributed by atoms with Crippen molar-refractivity contribution in [3.63, 3.8) is 0 Å². The van der Waals surface area contributed by atoms with Crippen molar-refractivity contribution in [2.24, 2.45) is 5.92 Å². The van der Waals surface area contributed by atoms with Crippen molar-refractivity contribution in [1.29, 1.82) is 0 Å². The second-order valence-electron chi connectivity index (χ2n) is 4.44. The Bertz CT molecular complexity index is 300. The Hall–Kier alpha value is -1.04. The highest BCUT2D eigenvalue weighted by Crippen LogP contribution is 2.25. The van der Waals surface area contributed by atoms with Crippen LogP contribution in [0.5, 0.6) is 0 Å². The molecule has 0 saturated heterocycles. The average molecular weight is 188 g/mol. The van der Waals surface area contributed by atoms with Gasteiger partial charge in [0, 0.05) is 0 Å². The van der Waals surface area contributed by atoms with Crippen LogP contribution in [-0.2, 0) is 0 Å². The van der Waals surface area contributed by atoms with Crippen LogP contribution in [0.15, 0.2) is 35.9 Å². The van der Waals surface area contributed by atoms with E-state index in [0.29, 0.717) is 0 Å². The molecule has 0 radical (unpaired) electrons. The number of hydrogen-bond donors (Lipinski definition) is 0. The van der Waals surface area contributed by atoms with Gasteiger partial charge in [0.15, 0.2) is 0 Å². The SMILES string of the molecule is CC(C)=C(CC(C)C)c1ccccc1. The first-order valence-electron chi connectivity index (χ1n) is 5.33. The lowest BCUT2D eigenvalue weighted by Crippen LogP contribution is -1.93. The summed E-state index contributed by atoms with van der Waals surface area (Å²) in [5.74, 6) is 0.722. The zero-order valence-corrected chi connectivity index (χ0v) is 9.67. The Morgan fingerprint density at radius 2 is 1.64 bits per heavy atom. The van der Waals surface area contributed by atoms with Crippen LogP contribution in [0.2, 0.25) is 0 Å². The van der Waals surface area contributed by atoms with Gasteiger partial charge < -0.3 is 0 Å². The molecule has 1 aromatic rings. The molecule has 0 aromatic heterocycles. The van der Waals surface area contributed by atoms with E-state index in [2.05, 4.69) is 58.0 Å². The van der Waals surface area contributed by atoms with E-state index in [0.717, 1.165) is 5.92 Å². The molecule has 0 atom stereocenters. The molecule has 76 valence electrons.